The summed E-state index contributed by atoms with van der Waals surface area (Å²) < 4.78 is 1.70. The molecule has 0 atom stereocenters. The molecule has 20 heavy (non-hydrogen) atoms. The number of nitrogens with zero attached hydrogens (tertiary/aromatic N) is 3. The lowest BCUT2D eigenvalue weighted by Gasteiger charge is -2.06. The maximum atomic E-state index is 12.0. The standard InChI is InChI=1S/C14H19N5O/c1-3-7-15-13-6-4-5-12(18-13)14(20)16-8-11-9-17-19(2)10-11/h4-6,9-10H,3,7-8H2,1-2H3,(H,15,18)(H,16,20). The summed E-state index contributed by atoms with van der Waals surface area (Å²) in [6, 6.07) is 5.38. The molecule has 0 aromatic carbocycles. The number of carbonyl (C=O) groups excluding carboxylic acids is 1. The van der Waals surface area contributed by atoms with E-state index in [4.69, 9.17) is 0 Å². The van der Waals surface area contributed by atoms with Gasteiger partial charge in [0.1, 0.15) is 11.5 Å². The lowest BCUT2D eigenvalue weighted by Crippen LogP contribution is -2.23. The summed E-state index contributed by atoms with van der Waals surface area (Å²) in [5.41, 5.74) is 1.37. The number of pyridine rings is 1. The smallest absolute Gasteiger partial charge is 0.270 e. The number of carbonyl (C=O) groups is 1. The summed E-state index contributed by atoms with van der Waals surface area (Å²) in [7, 11) is 1.84. The van der Waals surface area contributed by atoms with Crippen LogP contribution in [0, 0.1) is 0 Å². The van der Waals surface area contributed by atoms with Gasteiger partial charge in [0.2, 0.25) is 0 Å². The van der Waals surface area contributed by atoms with Gasteiger partial charge < -0.3 is 10.6 Å². The van der Waals surface area contributed by atoms with Gasteiger partial charge in [-0.1, -0.05) is 13.0 Å². The Balaban J connectivity index is 1.94. The maximum Gasteiger partial charge on any atom is 0.270 e. The molecular weight excluding hydrogens is 254 g/mol. The number of aryl methyl sites for hydroxylation is 1. The van der Waals surface area contributed by atoms with Crippen molar-refractivity contribution in [2.24, 2.45) is 7.05 Å². The summed E-state index contributed by atoms with van der Waals surface area (Å²) in [5, 5.41) is 10.0. The van der Waals surface area contributed by atoms with Crippen LogP contribution in [0.2, 0.25) is 0 Å². The average Bonchev–Trinajstić information content (AvgIpc) is 2.88. The van der Waals surface area contributed by atoms with E-state index in [9.17, 15) is 4.79 Å². The number of rotatable bonds is 6. The molecule has 0 radical (unpaired) electrons. The average molecular weight is 273 g/mol. The van der Waals surface area contributed by atoms with Gasteiger partial charge in [0.25, 0.3) is 5.91 Å². The van der Waals surface area contributed by atoms with E-state index in [-0.39, 0.29) is 5.91 Å². The Bertz CT molecular complexity index is 578. The zero-order chi connectivity index (χ0) is 14.4. The third kappa shape index (κ3) is 3.81. The molecule has 0 unspecified atom stereocenters. The lowest BCUT2D eigenvalue weighted by molar-refractivity contribution is 0.0946. The van der Waals surface area contributed by atoms with Gasteiger partial charge in [0, 0.05) is 31.9 Å². The topological polar surface area (TPSA) is 71.8 Å². The zero-order valence-electron chi connectivity index (χ0n) is 11.8. The normalized spacial score (nSPS) is 10.3. The molecule has 1 amide bonds. The van der Waals surface area contributed by atoms with E-state index < -0.39 is 0 Å². The molecule has 0 aliphatic heterocycles. The molecule has 2 aromatic heterocycles. The Labute approximate surface area is 118 Å². The van der Waals surface area contributed by atoms with Gasteiger partial charge in [-0.05, 0) is 18.6 Å². The van der Waals surface area contributed by atoms with Crippen molar-refractivity contribution in [1.82, 2.24) is 20.1 Å². The van der Waals surface area contributed by atoms with Crippen molar-refractivity contribution in [3.05, 3.63) is 41.9 Å². The van der Waals surface area contributed by atoms with Crippen LogP contribution in [0.15, 0.2) is 30.6 Å². The molecule has 106 valence electrons. The maximum absolute atomic E-state index is 12.0. The number of aromatic nitrogens is 3. The Kier molecular flexibility index (Phi) is 4.70. The van der Waals surface area contributed by atoms with Crippen LogP contribution in [0.5, 0.6) is 0 Å². The first kappa shape index (κ1) is 14.0. The minimum Gasteiger partial charge on any atom is -0.370 e. The van der Waals surface area contributed by atoms with Crippen molar-refractivity contribution in [3.8, 4) is 0 Å². The minimum absolute atomic E-state index is 0.186. The number of hydrogen-bond acceptors (Lipinski definition) is 4. The highest BCUT2D eigenvalue weighted by atomic mass is 16.1. The summed E-state index contributed by atoms with van der Waals surface area (Å²) in [6.45, 7) is 3.37. The summed E-state index contributed by atoms with van der Waals surface area (Å²) in [6.07, 6.45) is 4.61. The molecule has 0 bridgehead atoms. The van der Waals surface area contributed by atoms with Crippen LogP contribution in [0.25, 0.3) is 0 Å². The highest BCUT2D eigenvalue weighted by Gasteiger charge is 2.08. The van der Waals surface area contributed by atoms with E-state index in [1.165, 1.54) is 0 Å². The zero-order valence-corrected chi connectivity index (χ0v) is 11.8. The van der Waals surface area contributed by atoms with Crippen LogP contribution in [-0.4, -0.2) is 27.2 Å². The first-order valence-electron chi connectivity index (χ1n) is 6.65. The van der Waals surface area contributed by atoms with Crippen molar-refractivity contribution in [1.29, 1.82) is 0 Å². The molecule has 2 aromatic rings. The molecule has 2 rings (SSSR count). The van der Waals surface area contributed by atoms with Crippen LogP contribution in [0.1, 0.15) is 29.4 Å². The quantitative estimate of drug-likeness (QED) is 0.838. The third-order valence-corrected chi connectivity index (χ3v) is 2.75. The second kappa shape index (κ2) is 6.70. The number of hydrogen-bond donors (Lipinski definition) is 2. The van der Waals surface area contributed by atoms with Gasteiger partial charge in [0.05, 0.1) is 6.20 Å². The molecular formula is C14H19N5O. The van der Waals surface area contributed by atoms with Gasteiger partial charge in [-0.2, -0.15) is 5.10 Å². The molecule has 0 aliphatic carbocycles. The SMILES string of the molecule is CCCNc1cccc(C(=O)NCc2cnn(C)c2)n1. The van der Waals surface area contributed by atoms with E-state index in [1.807, 2.05) is 25.4 Å². The highest BCUT2D eigenvalue weighted by Crippen LogP contribution is 2.05. The van der Waals surface area contributed by atoms with Crippen molar-refractivity contribution < 1.29 is 4.79 Å². The molecule has 0 saturated carbocycles. The molecule has 6 heteroatoms. The van der Waals surface area contributed by atoms with Crippen molar-refractivity contribution in [2.75, 3.05) is 11.9 Å². The van der Waals surface area contributed by atoms with E-state index >= 15 is 0 Å². The van der Waals surface area contributed by atoms with Crippen molar-refractivity contribution >= 4 is 11.7 Å². The van der Waals surface area contributed by atoms with Crippen LogP contribution < -0.4 is 10.6 Å². The Morgan fingerprint density at radius 1 is 1.40 bits per heavy atom. The van der Waals surface area contributed by atoms with E-state index in [1.54, 1.807) is 16.9 Å². The molecule has 0 aliphatic rings. The molecule has 0 spiro atoms. The summed E-state index contributed by atoms with van der Waals surface area (Å²) in [5.74, 6) is 0.537. The molecule has 0 saturated heterocycles. The van der Waals surface area contributed by atoms with E-state index in [2.05, 4.69) is 27.6 Å². The van der Waals surface area contributed by atoms with Gasteiger partial charge in [-0.3, -0.25) is 9.48 Å². The lowest BCUT2D eigenvalue weighted by atomic mass is 10.3. The number of anilines is 1. The molecule has 0 fully saturated rings. The van der Waals surface area contributed by atoms with Crippen LogP contribution in [0.4, 0.5) is 5.82 Å². The monoisotopic (exact) mass is 273 g/mol. The second-order valence-corrected chi connectivity index (χ2v) is 4.54. The fraction of sp³-hybridized carbons (Fsp3) is 0.357. The largest absolute Gasteiger partial charge is 0.370 e. The fourth-order valence-corrected chi connectivity index (χ4v) is 1.75. The van der Waals surface area contributed by atoms with Crippen molar-refractivity contribution in [3.63, 3.8) is 0 Å². The Morgan fingerprint density at radius 3 is 2.95 bits per heavy atom. The van der Waals surface area contributed by atoms with E-state index in [0.717, 1.165) is 24.3 Å². The predicted octanol–water partition coefficient (Wildman–Crippen LogP) is 1.57. The first-order valence-corrected chi connectivity index (χ1v) is 6.65. The van der Waals surface area contributed by atoms with Crippen LogP contribution in [0.3, 0.4) is 0 Å². The van der Waals surface area contributed by atoms with Crippen LogP contribution >= 0.6 is 0 Å². The summed E-state index contributed by atoms with van der Waals surface area (Å²) >= 11 is 0. The minimum atomic E-state index is -0.186. The first-order chi connectivity index (χ1) is 9.69. The van der Waals surface area contributed by atoms with Gasteiger partial charge in [0.15, 0.2) is 0 Å². The number of amides is 1. The Morgan fingerprint density at radius 2 is 2.25 bits per heavy atom. The van der Waals surface area contributed by atoms with Gasteiger partial charge >= 0.3 is 0 Å². The molecule has 6 nitrogen and oxygen atoms in total. The van der Waals surface area contributed by atoms with Crippen molar-refractivity contribution in [2.45, 2.75) is 19.9 Å². The predicted molar refractivity (Wildman–Crippen MR) is 77.4 cm³/mol. The highest BCUT2D eigenvalue weighted by molar-refractivity contribution is 5.92. The van der Waals surface area contributed by atoms with Crippen LogP contribution in [-0.2, 0) is 13.6 Å². The van der Waals surface area contributed by atoms with E-state index in [0.29, 0.717) is 12.2 Å². The summed E-state index contributed by atoms with van der Waals surface area (Å²) in [4.78, 5) is 16.3. The van der Waals surface area contributed by atoms with Gasteiger partial charge in [-0.15, -0.1) is 0 Å². The molecule has 2 N–H and O–H groups in total. The molecule has 2 heterocycles. The fourth-order valence-electron chi connectivity index (χ4n) is 1.75. The Hall–Kier alpha value is -2.37. The van der Waals surface area contributed by atoms with Gasteiger partial charge in [-0.25, -0.2) is 4.98 Å². The third-order valence-electron chi connectivity index (χ3n) is 2.75. The number of nitrogens with one attached hydrogen (secondary N) is 2. The second-order valence-electron chi connectivity index (χ2n) is 4.54.